The molecule has 0 aliphatic carbocycles. The SMILES string of the molecule is C#CCO[C@H](CO)[C@@H](OCc1ccccc1)[C@@H](CCO[Si](c1ccccc1)(c1ccccc1)C(C)(C)C)OCc1ccccc1. The molecule has 6 heteroatoms. The Balaban J connectivity index is 1.66. The zero-order chi connectivity index (χ0) is 32.0. The minimum absolute atomic E-state index is 0.0559. The topological polar surface area (TPSA) is 57.2 Å². The van der Waals surface area contributed by atoms with Crippen LogP contribution in [0.15, 0.2) is 121 Å². The Morgan fingerprint density at radius 1 is 0.667 bits per heavy atom. The van der Waals surface area contributed by atoms with Gasteiger partial charge in [-0.2, -0.15) is 0 Å². The van der Waals surface area contributed by atoms with Gasteiger partial charge in [0, 0.05) is 6.61 Å². The van der Waals surface area contributed by atoms with Crippen LogP contribution in [0, 0.1) is 12.3 Å². The van der Waals surface area contributed by atoms with Gasteiger partial charge in [0.2, 0.25) is 0 Å². The minimum Gasteiger partial charge on any atom is -0.407 e. The van der Waals surface area contributed by atoms with Crippen molar-refractivity contribution in [3.8, 4) is 12.3 Å². The molecule has 0 saturated heterocycles. The maximum Gasteiger partial charge on any atom is 0.261 e. The van der Waals surface area contributed by atoms with Gasteiger partial charge in [-0.3, -0.25) is 0 Å². The third-order valence-corrected chi connectivity index (χ3v) is 13.1. The summed E-state index contributed by atoms with van der Waals surface area (Å²) in [6, 6.07) is 41.2. The highest BCUT2D eigenvalue weighted by molar-refractivity contribution is 6.99. The van der Waals surface area contributed by atoms with Gasteiger partial charge in [-0.25, -0.2) is 0 Å². The van der Waals surface area contributed by atoms with Gasteiger partial charge in [-0.1, -0.05) is 148 Å². The van der Waals surface area contributed by atoms with Gasteiger partial charge in [0.25, 0.3) is 8.32 Å². The predicted octanol–water partition coefficient (Wildman–Crippen LogP) is 6.13. The molecule has 4 rings (SSSR count). The van der Waals surface area contributed by atoms with Crippen molar-refractivity contribution in [3.05, 3.63) is 132 Å². The zero-order valence-corrected chi connectivity index (χ0v) is 27.7. The smallest absolute Gasteiger partial charge is 0.261 e. The van der Waals surface area contributed by atoms with E-state index in [0.717, 1.165) is 11.1 Å². The van der Waals surface area contributed by atoms with E-state index in [-0.39, 0.29) is 18.3 Å². The highest BCUT2D eigenvalue weighted by atomic mass is 28.4. The maximum atomic E-state index is 10.5. The molecule has 0 spiro atoms. The molecule has 236 valence electrons. The highest BCUT2D eigenvalue weighted by Gasteiger charge is 2.50. The molecule has 5 nitrogen and oxygen atoms in total. The number of terminal acetylenes is 1. The number of hydrogen-bond acceptors (Lipinski definition) is 5. The molecule has 0 heterocycles. The molecule has 4 aromatic carbocycles. The van der Waals surface area contributed by atoms with E-state index < -0.39 is 26.6 Å². The molecule has 0 amide bonds. The first kappa shape index (κ1) is 34.3. The molecule has 0 saturated carbocycles. The summed E-state index contributed by atoms with van der Waals surface area (Å²) in [7, 11) is -2.77. The Morgan fingerprint density at radius 3 is 1.58 bits per heavy atom. The van der Waals surface area contributed by atoms with E-state index >= 15 is 0 Å². The van der Waals surface area contributed by atoms with E-state index in [1.165, 1.54) is 10.4 Å². The Hall–Kier alpha value is -3.54. The van der Waals surface area contributed by atoms with Crippen molar-refractivity contribution in [3.63, 3.8) is 0 Å². The van der Waals surface area contributed by atoms with E-state index in [2.05, 4.69) is 75.2 Å². The van der Waals surface area contributed by atoms with Crippen LogP contribution in [0.2, 0.25) is 5.04 Å². The van der Waals surface area contributed by atoms with Crippen molar-refractivity contribution in [2.24, 2.45) is 0 Å². The molecule has 0 bridgehead atoms. The van der Waals surface area contributed by atoms with Gasteiger partial charge < -0.3 is 23.7 Å². The maximum absolute atomic E-state index is 10.5. The van der Waals surface area contributed by atoms with Crippen LogP contribution in [0.25, 0.3) is 0 Å². The average molecular weight is 623 g/mol. The number of aliphatic hydroxyl groups is 1. The number of rotatable bonds is 17. The molecular weight excluding hydrogens is 577 g/mol. The van der Waals surface area contributed by atoms with Gasteiger partial charge in [0.1, 0.15) is 18.8 Å². The summed E-state index contributed by atoms with van der Waals surface area (Å²) in [4.78, 5) is 0. The van der Waals surface area contributed by atoms with Crippen molar-refractivity contribution in [1.82, 2.24) is 0 Å². The second-order valence-electron chi connectivity index (χ2n) is 12.1. The van der Waals surface area contributed by atoms with Gasteiger partial charge in [0.15, 0.2) is 0 Å². The Kier molecular flexibility index (Phi) is 13.1. The lowest BCUT2D eigenvalue weighted by molar-refractivity contribution is -0.157. The first-order valence-corrected chi connectivity index (χ1v) is 17.5. The number of ether oxygens (including phenoxy) is 3. The molecule has 1 N–H and O–H groups in total. The summed E-state index contributed by atoms with van der Waals surface area (Å²) in [5, 5.41) is 12.7. The van der Waals surface area contributed by atoms with Crippen LogP contribution in [0.3, 0.4) is 0 Å². The average Bonchev–Trinajstić information content (AvgIpc) is 3.07. The molecule has 3 atom stereocenters. The summed E-state index contributed by atoms with van der Waals surface area (Å²) in [5.41, 5.74) is 2.06. The normalized spacial score (nSPS) is 13.9. The number of hydrogen-bond donors (Lipinski definition) is 1. The lowest BCUT2D eigenvalue weighted by atomic mass is 10.0. The fourth-order valence-electron chi connectivity index (χ4n) is 5.84. The Labute approximate surface area is 270 Å². The zero-order valence-electron chi connectivity index (χ0n) is 26.7. The molecule has 0 aliphatic rings. The van der Waals surface area contributed by atoms with Crippen LogP contribution >= 0.6 is 0 Å². The molecular formula is C39H46O5Si. The van der Waals surface area contributed by atoms with Crippen LogP contribution in [0.1, 0.15) is 38.3 Å². The standard InChI is InChI=1S/C39H46O5Si/c1-5-27-41-37(29-40)38(43-31-33-20-12-7-13-21-33)36(42-30-32-18-10-6-11-19-32)26-28-44-45(39(2,3)4,34-22-14-8-15-23-34)35-24-16-9-17-25-35/h1,6-25,36-38,40H,26-31H2,2-4H3/t36-,37-,38+/m1/s1. The summed E-state index contributed by atoms with van der Waals surface area (Å²) < 4.78 is 26.3. The first-order valence-electron chi connectivity index (χ1n) is 15.6. The van der Waals surface area contributed by atoms with Crippen LogP contribution in [0.5, 0.6) is 0 Å². The minimum atomic E-state index is -2.77. The van der Waals surface area contributed by atoms with E-state index in [0.29, 0.717) is 26.2 Å². The monoisotopic (exact) mass is 622 g/mol. The Bertz CT molecular complexity index is 1380. The van der Waals surface area contributed by atoms with E-state index in [1.807, 2.05) is 72.8 Å². The lowest BCUT2D eigenvalue weighted by Gasteiger charge is -2.43. The van der Waals surface area contributed by atoms with E-state index in [9.17, 15) is 5.11 Å². The molecule has 0 radical (unpaired) electrons. The molecule has 4 aromatic rings. The fraction of sp³-hybridized carbons (Fsp3) is 0.333. The van der Waals surface area contributed by atoms with Crippen molar-refractivity contribution < 1.29 is 23.7 Å². The van der Waals surface area contributed by atoms with Crippen LogP contribution < -0.4 is 10.4 Å². The second-order valence-corrected chi connectivity index (χ2v) is 16.4. The number of aliphatic hydroxyl groups excluding tert-OH is 1. The highest BCUT2D eigenvalue weighted by Crippen LogP contribution is 2.37. The van der Waals surface area contributed by atoms with Crippen molar-refractivity contribution in [2.75, 3.05) is 19.8 Å². The van der Waals surface area contributed by atoms with Gasteiger partial charge in [0.05, 0.1) is 25.9 Å². The Morgan fingerprint density at radius 2 is 1.13 bits per heavy atom. The van der Waals surface area contributed by atoms with E-state index in [4.69, 9.17) is 25.1 Å². The largest absolute Gasteiger partial charge is 0.407 e. The van der Waals surface area contributed by atoms with Crippen LogP contribution in [-0.2, 0) is 31.9 Å². The molecule has 0 aromatic heterocycles. The van der Waals surface area contributed by atoms with Gasteiger partial charge in [-0.15, -0.1) is 6.42 Å². The summed E-state index contributed by atoms with van der Waals surface area (Å²) >= 11 is 0. The van der Waals surface area contributed by atoms with Gasteiger partial charge >= 0.3 is 0 Å². The molecule has 0 fully saturated rings. The third kappa shape index (κ3) is 9.24. The van der Waals surface area contributed by atoms with Crippen molar-refractivity contribution in [2.45, 2.75) is 63.8 Å². The van der Waals surface area contributed by atoms with Crippen LogP contribution in [0.4, 0.5) is 0 Å². The fourth-order valence-corrected chi connectivity index (χ4v) is 10.4. The molecule has 0 unspecified atom stereocenters. The molecule has 0 aliphatic heterocycles. The molecule has 45 heavy (non-hydrogen) atoms. The summed E-state index contributed by atoms with van der Waals surface area (Å²) in [5.74, 6) is 2.53. The van der Waals surface area contributed by atoms with Gasteiger partial charge in [-0.05, 0) is 33.0 Å². The van der Waals surface area contributed by atoms with Crippen molar-refractivity contribution >= 4 is 18.7 Å². The van der Waals surface area contributed by atoms with Crippen LogP contribution in [-0.4, -0.2) is 51.6 Å². The lowest BCUT2D eigenvalue weighted by Crippen LogP contribution is -2.66. The quantitative estimate of drug-likeness (QED) is 0.113. The predicted molar refractivity (Wildman–Crippen MR) is 184 cm³/mol. The third-order valence-electron chi connectivity index (χ3n) is 8.02. The summed E-state index contributed by atoms with van der Waals surface area (Å²) in [6.45, 7) is 7.73. The first-order chi connectivity index (χ1) is 21.9. The second kappa shape index (κ2) is 17.2. The summed E-state index contributed by atoms with van der Waals surface area (Å²) in [6.07, 6.45) is 4.32. The van der Waals surface area contributed by atoms with Crippen molar-refractivity contribution in [1.29, 1.82) is 0 Å². The number of benzene rings is 4. The van der Waals surface area contributed by atoms with E-state index in [1.54, 1.807) is 0 Å².